The van der Waals surface area contributed by atoms with Crippen LogP contribution in [0.5, 0.6) is 0 Å². The standard InChI is InChI=1S/C22H31N5O4S/c1-21(2,3)31-20(28)26-17-14-5-13-6-15(17)9-22(7-13,8-14)12-25-18-16(10-23)11-24-19(27-18)32(4,29)30/h11,13-15,17H,5-9,12H2,1-4H3,(H,26,28)(H,24,25,27)/t13?,14-,15+,17?,22?. The Morgan fingerprint density at radius 1 is 1.28 bits per heavy atom. The van der Waals surface area contributed by atoms with E-state index in [4.69, 9.17) is 4.74 Å². The molecule has 4 fully saturated rings. The number of nitrogens with one attached hydrogen (secondary N) is 2. The molecule has 2 N–H and O–H groups in total. The van der Waals surface area contributed by atoms with Crippen LogP contribution in [0.1, 0.15) is 58.4 Å². The molecule has 3 unspecified atom stereocenters. The van der Waals surface area contributed by atoms with Gasteiger partial charge < -0.3 is 15.4 Å². The summed E-state index contributed by atoms with van der Waals surface area (Å²) >= 11 is 0. The zero-order valence-corrected chi connectivity index (χ0v) is 19.8. The van der Waals surface area contributed by atoms with E-state index in [1.807, 2.05) is 26.8 Å². The minimum absolute atomic E-state index is 0.0472. The molecule has 4 bridgehead atoms. The van der Waals surface area contributed by atoms with Crippen LogP contribution >= 0.6 is 0 Å². The van der Waals surface area contributed by atoms with Gasteiger partial charge in [-0.05, 0) is 76.0 Å². The molecule has 1 heterocycles. The molecule has 32 heavy (non-hydrogen) atoms. The van der Waals surface area contributed by atoms with Crippen molar-refractivity contribution in [2.24, 2.45) is 23.2 Å². The Bertz CT molecular complexity index is 1040. The Labute approximate surface area is 189 Å². The minimum atomic E-state index is -3.57. The molecule has 0 saturated heterocycles. The van der Waals surface area contributed by atoms with Crippen LogP contribution in [0.15, 0.2) is 11.4 Å². The van der Waals surface area contributed by atoms with E-state index < -0.39 is 15.4 Å². The first-order valence-corrected chi connectivity index (χ1v) is 13.0. The third-order valence-electron chi connectivity index (χ3n) is 6.93. The fraction of sp³-hybridized carbons (Fsp3) is 0.727. The van der Waals surface area contributed by atoms with E-state index in [9.17, 15) is 18.5 Å². The number of carbonyl (C=O) groups is 1. The van der Waals surface area contributed by atoms with Crippen LogP contribution in [0.3, 0.4) is 0 Å². The maximum Gasteiger partial charge on any atom is 0.407 e. The molecule has 1 aromatic heterocycles. The second kappa shape index (κ2) is 7.87. The first kappa shape index (κ1) is 22.8. The topological polar surface area (TPSA) is 134 Å². The van der Waals surface area contributed by atoms with Crippen LogP contribution in [0.4, 0.5) is 10.6 Å². The lowest BCUT2D eigenvalue weighted by Gasteiger charge is -2.60. The van der Waals surface area contributed by atoms with Gasteiger partial charge in [0.1, 0.15) is 23.1 Å². The van der Waals surface area contributed by atoms with Gasteiger partial charge in [0.2, 0.25) is 15.0 Å². The van der Waals surface area contributed by atoms with Crippen molar-refractivity contribution in [3.8, 4) is 6.07 Å². The summed E-state index contributed by atoms with van der Waals surface area (Å²) in [5.41, 5.74) is -0.250. The lowest BCUT2D eigenvalue weighted by atomic mass is 9.48. The van der Waals surface area contributed by atoms with E-state index in [2.05, 4.69) is 20.6 Å². The Morgan fingerprint density at radius 3 is 2.50 bits per heavy atom. The highest BCUT2D eigenvalue weighted by atomic mass is 32.2. The molecular weight excluding hydrogens is 430 g/mol. The molecule has 174 valence electrons. The predicted octanol–water partition coefficient (Wildman–Crippen LogP) is 2.88. The quantitative estimate of drug-likeness (QED) is 0.639. The first-order valence-electron chi connectivity index (χ1n) is 11.1. The zero-order valence-electron chi connectivity index (χ0n) is 19.0. The molecule has 10 heteroatoms. The summed E-state index contributed by atoms with van der Waals surface area (Å²) in [6.07, 6.45) is 7.20. The number of sulfone groups is 1. The number of nitriles is 1. The van der Waals surface area contributed by atoms with Gasteiger partial charge in [0, 0.05) is 18.8 Å². The highest BCUT2D eigenvalue weighted by molar-refractivity contribution is 7.90. The van der Waals surface area contributed by atoms with Crippen LogP contribution < -0.4 is 10.6 Å². The SMILES string of the molecule is CC(C)(C)OC(=O)NC1[C@@H]2CC3C[C@H]1CC(CNc1nc(S(C)(=O)=O)ncc1C#N)(C3)C2. The van der Waals surface area contributed by atoms with Crippen molar-refractivity contribution in [3.05, 3.63) is 11.8 Å². The van der Waals surface area contributed by atoms with Gasteiger partial charge >= 0.3 is 6.09 Å². The van der Waals surface area contributed by atoms with Crippen molar-refractivity contribution in [1.82, 2.24) is 15.3 Å². The summed E-state index contributed by atoms with van der Waals surface area (Å²) in [5, 5.41) is 15.5. The molecule has 0 radical (unpaired) electrons. The fourth-order valence-electron chi connectivity index (χ4n) is 6.12. The Balaban J connectivity index is 1.47. The molecule has 5 atom stereocenters. The van der Waals surface area contributed by atoms with Crippen molar-refractivity contribution in [3.63, 3.8) is 0 Å². The third kappa shape index (κ3) is 4.68. The van der Waals surface area contributed by atoms with E-state index in [0.29, 0.717) is 24.3 Å². The number of carbonyl (C=O) groups excluding carboxylic acids is 1. The summed E-state index contributed by atoms with van der Waals surface area (Å²) in [6, 6.07) is 2.16. The molecule has 4 saturated carbocycles. The average Bonchev–Trinajstić information content (AvgIpc) is 2.66. The highest BCUT2D eigenvalue weighted by Gasteiger charge is 2.55. The molecule has 9 nitrogen and oxygen atoms in total. The van der Waals surface area contributed by atoms with Crippen LogP contribution in [-0.4, -0.2) is 48.9 Å². The third-order valence-corrected chi connectivity index (χ3v) is 7.79. The number of nitrogens with zero attached hydrogens (tertiary/aromatic N) is 3. The normalized spacial score (nSPS) is 31.1. The van der Waals surface area contributed by atoms with Gasteiger partial charge in [-0.2, -0.15) is 10.2 Å². The van der Waals surface area contributed by atoms with Gasteiger partial charge in [-0.25, -0.2) is 18.2 Å². The van der Waals surface area contributed by atoms with Gasteiger partial charge in [-0.3, -0.25) is 0 Å². The number of hydrogen-bond acceptors (Lipinski definition) is 8. The number of alkyl carbamates (subject to hydrolysis) is 1. The van der Waals surface area contributed by atoms with Crippen molar-refractivity contribution in [2.45, 2.75) is 69.7 Å². The van der Waals surface area contributed by atoms with Gasteiger partial charge in [0.25, 0.3) is 0 Å². The van der Waals surface area contributed by atoms with Crippen molar-refractivity contribution >= 4 is 21.7 Å². The van der Waals surface area contributed by atoms with Crippen LogP contribution in [-0.2, 0) is 14.6 Å². The second-order valence-electron chi connectivity index (χ2n) is 10.8. The van der Waals surface area contributed by atoms with E-state index in [1.54, 1.807) is 0 Å². The maximum atomic E-state index is 12.4. The van der Waals surface area contributed by atoms with E-state index in [-0.39, 0.29) is 34.1 Å². The second-order valence-corrected chi connectivity index (χ2v) is 12.7. The molecule has 5 rings (SSSR count). The first-order chi connectivity index (χ1) is 14.9. The molecular formula is C22H31N5O4S. The number of amides is 1. The summed E-state index contributed by atoms with van der Waals surface area (Å²) in [6.45, 7) is 6.20. The lowest BCUT2D eigenvalue weighted by Crippen LogP contribution is -2.60. The largest absolute Gasteiger partial charge is 0.444 e. The number of hydrogen-bond donors (Lipinski definition) is 2. The van der Waals surface area contributed by atoms with Crippen molar-refractivity contribution in [1.29, 1.82) is 5.26 Å². The molecule has 0 aromatic carbocycles. The van der Waals surface area contributed by atoms with E-state index >= 15 is 0 Å². The van der Waals surface area contributed by atoms with Crippen molar-refractivity contribution < 1.29 is 17.9 Å². The molecule has 4 aliphatic rings. The Kier molecular flexibility index (Phi) is 5.60. The van der Waals surface area contributed by atoms with Gasteiger partial charge in [-0.1, -0.05) is 0 Å². The summed E-state index contributed by atoms with van der Waals surface area (Å²) in [5.74, 6) is 1.67. The molecule has 4 aliphatic carbocycles. The smallest absolute Gasteiger partial charge is 0.407 e. The molecule has 0 aliphatic heterocycles. The minimum Gasteiger partial charge on any atom is -0.444 e. The molecule has 1 aromatic rings. The fourth-order valence-corrected chi connectivity index (χ4v) is 6.62. The van der Waals surface area contributed by atoms with Crippen LogP contribution in [0.25, 0.3) is 0 Å². The summed E-state index contributed by atoms with van der Waals surface area (Å²) in [4.78, 5) is 20.3. The maximum absolute atomic E-state index is 12.4. The molecule has 0 spiro atoms. The highest BCUT2D eigenvalue weighted by Crippen LogP contribution is 2.60. The number of anilines is 1. The number of rotatable bonds is 5. The Morgan fingerprint density at radius 2 is 1.94 bits per heavy atom. The van der Waals surface area contributed by atoms with E-state index in [0.717, 1.165) is 38.4 Å². The van der Waals surface area contributed by atoms with Crippen LogP contribution in [0, 0.1) is 34.5 Å². The van der Waals surface area contributed by atoms with Gasteiger partial charge in [0.15, 0.2) is 0 Å². The monoisotopic (exact) mass is 461 g/mol. The summed E-state index contributed by atoms with van der Waals surface area (Å²) in [7, 11) is -3.57. The number of aromatic nitrogens is 2. The summed E-state index contributed by atoms with van der Waals surface area (Å²) < 4.78 is 29.2. The molecule has 1 amide bonds. The van der Waals surface area contributed by atoms with E-state index in [1.165, 1.54) is 6.20 Å². The van der Waals surface area contributed by atoms with Crippen LogP contribution in [0.2, 0.25) is 0 Å². The number of ether oxygens (including phenoxy) is 1. The average molecular weight is 462 g/mol. The van der Waals surface area contributed by atoms with Crippen molar-refractivity contribution in [2.75, 3.05) is 18.1 Å². The van der Waals surface area contributed by atoms with Gasteiger partial charge in [0.05, 0.1) is 6.20 Å². The Hall–Kier alpha value is -2.41. The van der Waals surface area contributed by atoms with Gasteiger partial charge in [-0.15, -0.1) is 0 Å². The predicted molar refractivity (Wildman–Crippen MR) is 117 cm³/mol. The zero-order chi connectivity index (χ0) is 23.3. The lowest BCUT2D eigenvalue weighted by molar-refractivity contribution is -0.0703.